The summed E-state index contributed by atoms with van der Waals surface area (Å²) in [5.74, 6) is 0.388. The maximum atomic E-state index is 10.8. The molecule has 0 bridgehead atoms. The maximum Gasteiger partial charge on any atom is 0.288 e. The standard InChI is InChI=1S/C13H14ClN5O2/c14-9-6-8(3-4-11(9)19(20)21)18-5-1-2-12(18)10-7-16-13(15)17-10/h3-4,6-7,12H,1-2,5H2,(H3,15,16,17). The predicted octanol–water partition coefficient (Wildman–Crippen LogP) is 2.90. The summed E-state index contributed by atoms with van der Waals surface area (Å²) in [5, 5.41) is 11.0. The van der Waals surface area contributed by atoms with Crippen molar-refractivity contribution in [2.45, 2.75) is 18.9 Å². The highest BCUT2D eigenvalue weighted by atomic mass is 35.5. The van der Waals surface area contributed by atoms with E-state index in [0.29, 0.717) is 5.95 Å². The van der Waals surface area contributed by atoms with E-state index in [0.717, 1.165) is 30.8 Å². The molecule has 1 atom stereocenters. The van der Waals surface area contributed by atoms with Gasteiger partial charge >= 0.3 is 0 Å². The molecule has 110 valence electrons. The van der Waals surface area contributed by atoms with Crippen molar-refractivity contribution in [2.24, 2.45) is 0 Å². The molecule has 1 aromatic heterocycles. The van der Waals surface area contributed by atoms with Gasteiger partial charge in [0.15, 0.2) is 5.95 Å². The fourth-order valence-electron chi connectivity index (χ4n) is 2.74. The number of nitrogens with one attached hydrogen (secondary N) is 1. The minimum Gasteiger partial charge on any atom is -0.369 e. The minimum absolute atomic E-state index is 0.0815. The Balaban J connectivity index is 1.92. The summed E-state index contributed by atoms with van der Waals surface area (Å²) in [7, 11) is 0. The van der Waals surface area contributed by atoms with E-state index < -0.39 is 4.92 Å². The molecule has 7 nitrogen and oxygen atoms in total. The van der Waals surface area contributed by atoms with E-state index in [1.807, 2.05) is 0 Å². The molecule has 1 unspecified atom stereocenters. The Bertz CT molecular complexity index is 687. The molecule has 8 heteroatoms. The van der Waals surface area contributed by atoms with Crippen LogP contribution in [0.5, 0.6) is 0 Å². The molecule has 1 aliphatic rings. The first-order valence-electron chi connectivity index (χ1n) is 6.57. The Morgan fingerprint density at radius 1 is 1.52 bits per heavy atom. The van der Waals surface area contributed by atoms with Crippen LogP contribution >= 0.6 is 11.6 Å². The van der Waals surface area contributed by atoms with E-state index >= 15 is 0 Å². The highest BCUT2D eigenvalue weighted by Gasteiger charge is 2.28. The van der Waals surface area contributed by atoms with Crippen LogP contribution in [0.1, 0.15) is 24.6 Å². The monoisotopic (exact) mass is 307 g/mol. The van der Waals surface area contributed by atoms with Crippen LogP contribution in [0.25, 0.3) is 0 Å². The molecule has 3 N–H and O–H groups in total. The molecule has 3 rings (SSSR count). The maximum absolute atomic E-state index is 10.8. The first-order valence-corrected chi connectivity index (χ1v) is 6.95. The Kier molecular flexibility index (Phi) is 3.42. The Morgan fingerprint density at radius 3 is 2.95 bits per heavy atom. The summed E-state index contributed by atoms with van der Waals surface area (Å²) < 4.78 is 0. The molecule has 1 fully saturated rings. The van der Waals surface area contributed by atoms with Gasteiger partial charge in [-0.2, -0.15) is 0 Å². The topological polar surface area (TPSA) is 101 Å². The Labute approximate surface area is 125 Å². The number of nitro benzene ring substituents is 1. The summed E-state index contributed by atoms with van der Waals surface area (Å²) in [6, 6.07) is 4.93. The van der Waals surface area contributed by atoms with Gasteiger partial charge in [0.1, 0.15) is 5.02 Å². The molecule has 1 aliphatic heterocycles. The van der Waals surface area contributed by atoms with Crippen LogP contribution in [0.4, 0.5) is 17.3 Å². The average molecular weight is 308 g/mol. The molecule has 21 heavy (non-hydrogen) atoms. The number of nitrogen functional groups attached to an aromatic ring is 1. The minimum atomic E-state index is -0.483. The molecule has 2 heterocycles. The lowest BCUT2D eigenvalue weighted by Crippen LogP contribution is -2.22. The molecule has 0 amide bonds. The SMILES string of the molecule is Nc1ncc(C2CCCN2c2ccc([N+](=O)[O-])c(Cl)c2)[nH]1. The number of halogens is 1. The van der Waals surface area contributed by atoms with Crippen LogP contribution in [0, 0.1) is 10.1 Å². The smallest absolute Gasteiger partial charge is 0.288 e. The van der Waals surface area contributed by atoms with Crippen LogP contribution < -0.4 is 10.6 Å². The van der Waals surface area contributed by atoms with Crippen molar-refractivity contribution in [3.8, 4) is 0 Å². The quantitative estimate of drug-likeness (QED) is 0.670. The molecule has 0 aliphatic carbocycles. The number of benzene rings is 1. The number of anilines is 2. The zero-order valence-corrected chi connectivity index (χ0v) is 11.9. The molecule has 1 aromatic carbocycles. The van der Waals surface area contributed by atoms with Gasteiger partial charge in [-0.1, -0.05) is 11.6 Å². The predicted molar refractivity (Wildman–Crippen MR) is 80.4 cm³/mol. The van der Waals surface area contributed by atoms with Gasteiger partial charge < -0.3 is 15.6 Å². The summed E-state index contributed by atoms with van der Waals surface area (Å²) in [4.78, 5) is 19.6. The van der Waals surface area contributed by atoms with Crippen LogP contribution in [-0.2, 0) is 0 Å². The third kappa shape index (κ3) is 2.52. The van der Waals surface area contributed by atoms with Gasteiger partial charge in [-0.15, -0.1) is 0 Å². The van der Waals surface area contributed by atoms with Crippen LogP contribution in [0.2, 0.25) is 5.02 Å². The van der Waals surface area contributed by atoms with Crippen LogP contribution in [-0.4, -0.2) is 21.4 Å². The molecule has 0 radical (unpaired) electrons. The molecule has 0 spiro atoms. The zero-order chi connectivity index (χ0) is 15.0. The van der Waals surface area contributed by atoms with Crippen molar-refractivity contribution in [3.63, 3.8) is 0 Å². The van der Waals surface area contributed by atoms with E-state index in [1.54, 1.807) is 18.3 Å². The lowest BCUT2D eigenvalue weighted by Gasteiger charge is -2.26. The molecule has 0 saturated carbocycles. The second-order valence-electron chi connectivity index (χ2n) is 4.97. The van der Waals surface area contributed by atoms with Crippen LogP contribution in [0.3, 0.4) is 0 Å². The third-order valence-corrected chi connectivity index (χ3v) is 3.99. The Hall–Kier alpha value is -2.28. The number of hydrogen-bond donors (Lipinski definition) is 2. The summed E-state index contributed by atoms with van der Waals surface area (Å²) in [5.41, 5.74) is 7.35. The zero-order valence-electron chi connectivity index (χ0n) is 11.1. The molecule has 1 saturated heterocycles. The first-order chi connectivity index (χ1) is 10.1. The molecular weight excluding hydrogens is 294 g/mol. The van der Waals surface area contributed by atoms with E-state index in [2.05, 4.69) is 14.9 Å². The van der Waals surface area contributed by atoms with E-state index in [-0.39, 0.29) is 16.8 Å². The van der Waals surface area contributed by atoms with Crippen molar-refractivity contribution < 1.29 is 4.92 Å². The second kappa shape index (κ2) is 5.25. The van der Waals surface area contributed by atoms with E-state index in [1.165, 1.54) is 6.07 Å². The number of imidazole rings is 1. The normalized spacial score (nSPS) is 18.1. The number of nitrogens with two attached hydrogens (primary N) is 1. The number of rotatable bonds is 3. The average Bonchev–Trinajstić information content (AvgIpc) is 3.06. The fraction of sp³-hybridized carbons (Fsp3) is 0.308. The highest BCUT2D eigenvalue weighted by Crippen LogP contribution is 2.38. The van der Waals surface area contributed by atoms with Crippen molar-refractivity contribution in [1.29, 1.82) is 0 Å². The van der Waals surface area contributed by atoms with Gasteiger partial charge in [-0.3, -0.25) is 10.1 Å². The van der Waals surface area contributed by atoms with Crippen LogP contribution in [0.15, 0.2) is 24.4 Å². The first kappa shape index (κ1) is 13.7. The number of hydrogen-bond acceptors (Lipinski definition) is 5. The number of nitrogens with zero attached hydrogens (tertiary/aromatic N) is 3. The van der Waals surface area contributed by atoms with Crippen molar-refractivity contribution in [3.05, 3.63) is 45.2 Å². The van der Waals surface area contributed by atoms with E-state index in [4.69, 9.17) is 17.3 Å². The number of aromatic nitrogens is 2. The second-order valence-corrected chi connectivity index (χ2v) is 5.38. The van der Waals surface area contributed by atoms with Gasteiger partial charge in [-0.05, 0) is 25.0 Å². The number of aromatic amines is 1. The lowest BCUT2D eigenvalue weighted by molar-refractivity contribution is -0.384. The molecule has 2 aromatic rings. The molecular formula is C13H14ClN5O2. The lowest BCUT2D eigenvalue weighted by atomic mass is 10.1. The van der Waals surface area contributed by atoms with Crippen molar-refractivity contribution >= 4 is 28.9 Å². The van der Waals surface area contributed by atoms with Gasteiger partial charge in [0.05, 0.1) is 22.9 Å². The van der Waals surface area contributed by atoms with Gasteiger partial charge in [0.25, 0.3) is 5.69 Å². The number of H-pyrrole nitrogens is 1. The summed E-state index contributed by atoms with van der Waals surface area (Å²) in [6.07, 6.45) is 3.72. The van der Waals surface area contributed by atoms with Crippen molar-refractivity contribution in [2.75, 3.05) is 17.2 Å². The third-order valence-electron chi connectivity index (χ3n) is 3.69. The van der Waals surface area contributed by atoms with E-state index in [9.17, 15) is 10.1 Å². The highest BCUT2D eigenvalue weighted by molar-refractivity contribution is 6.32. The van der Waals surface area contributed by atoms with Gasteiger partial charge in [0.2, 0.25) is 0 Å². The van der Waals surface area contributed by atoms with Crippen molar-refractivity contribution in [1.82, 2.24) is 9.97 Å². The number of nitro groups is 1. The van der Waals surface area contributed by atoms with Gasteiger partial charge in [-0.25, -0.2) is 4.98 Å². The van der Waals surface area contributed by atoms with Gasteiger partial charge in [0, 0.05) is 18.3 Å². The Morgan fingerprint density at radius 2 is 2.33 bits per heavy atom. The fourth-order valence-corrected chi connectivity index (χ4v) is 2.99. The largest absolute Gasteiger partial charge is 0.369 e. The summed E-state index contributed by atoms with van der Waals surface area (Å²) >= 11 is 5.99. The summed E-state index contributed by atoms with van der Waals surface area (Å²) in [6.45, 7) is 0.859.